The molecule has 0 spiro atoms. The number of phenolic OH excluding ortho intramolecular Hbond substituents is 1. The highest BCUT2D eigenvalue weighted by Crippen LogP contribution is 2.47. The molecule has 0 bridgehead atoms. The van der Waals surface area contributed by atoms with Crippen molar-refractivity contribution in [2.45, 2.75) is 59.7 Å². The van der Waals surface area contributed by atoms with Crippen LogP contribution in [0.2, 0.25) is 20.1 Å². The molecule has 4 aliphatic rings. The molecule has 0 saturated carbocycles. The minimum Gasteiger partial charge on any atom is -0.507 e. The maximum absolute atomic E-state index is 15.9. The first-order valence-electron chi connectivity index (χ1n) is 43.1. The minimum absolute atomic E-state index is 0.0184. The van der Waals surface area contributed by atoms with Crippen molar-refractivity contribution in [2.75, 3.05) is 146 Å². The lowest BCUT2D eigenvalue weighted by Gasteiger charge is -2.36. The SMILES string of the molecule is BrB(Br)Br.C=CC(=O)Cl.C=CC(=O)N1CCN(c2ncnc3c(F)c(-c4c(F)cccc4OC)c(Cl)cc23)CC1.C=CC(=O)N1CCN(c2ncnc3c(F)c(-c4c(O)cccc4F)c(Cl)cc23)CC1.CC(C)(C)OC(=O)N1CCN(c2ncnc3c(F)c(Br)c(Cl)cc23)CC1.COc1cccc(C)c1-c1c(Cl)cc2c(N3CCN(C(=O)OC(C)(C)C)CC3)ncnc2c1F.COc1cccc(F)c1B(O)O. The van der Waals surface area contributed by atoms with Crippen LogP contribution in [0, 0.1) is 47.6 Å². The Morgan fingerprint density at radius 2 is 0.697 bits per heavy atom. The molecule has 4 saturated heterocycles. The van der Waals surface area contributed by atoms with Crippen LogP contribution in [0.4, 0.5) is 63.6 Å². The number of phenols is 1. The first kappa shape index (κ1) is 113. The van der Waals surface area contributed by atoms with Gasteiger partial charge in [0.25, 0.3) is 0 Å². The molecule has 8 heterocycles. The van der Waals surface area contributed by atoms with Gasteiger partial charge in [-0.1, -0.05) is 96.5 Å². The number of hydrogen-bond donors (Lipinski definition) is 3. The smallest absolute Gasteiger partial charge is 0.495 e. The lowest BCUT2D eigenvalue weighted by molar-refractivity contribution is -0.127. The molecule has 4 amide bonds. The lowest BCUT2D eigenvalue weighted by Crippen LogP contribution is -2.50. The number of aryl methyl sites for hydroxylation is 1. The number of carbonyl (C=O) groups excluding carboxylic acids is 5. The van der Waals surface area contributed by atoms with Gasteiger partial charge in [-0.15, -0.1) is 47.3 Å². The van der Waals surface area contributed by atoms with E-state index in [1.165, 1.54) is 106 Å². The van der Waals surface area contributed by atoms with Gasteiger partial charge in [0.1, 0.15) is 122 Å². The number of piperazine rings is 4. The number of halogens is 16. The number of methoxy groups -OCH3 is 3. The third-order valence-electron chi connectivity index (χ3n) is 21.8. The molecule has 8 aromatic carbocycles. The van der Waals surface area contributed by atoms with Crippen molar-refractivity contribution in [3.05, 3.63) is 231 Å². The number of amides is 4. The summed E-state index contributed by atoms with van der Waals surface area (Å²) in [4.78, 5) is 106. The second-order valence-electron chi connectivity index (χ2n) is 33.0. The standard InChI is InChI=1S/C25H28ClFN4O3.C22H19ClF2N4O2.C21H17ClF2N4O2.C17H19BrClFN4O2.C7H8BFO3.C3H3ClO.BBr3/c1-15-7-6-8-18(33-5)19(15)20-17(26)13-16-22(21(20)27)28-14-29-23(16)30-9-11-31(12-10-30)24(32)34-25(2,3)4;1-3-17(30)28-7-9-29(10-8-28)22-13-11-14(23)18(20(25)21(13)26-12-27-22)19-15(24)5-4-6-16(19)31-2;1-2-16(30)27-6-8-28(9-7-27)21-12-10-13(22)17(19(24)20(12)25-11-26-21)18-14(23)4-3-5-15(18)29;1-17(2,3)26-16(25)24-6-4-23(5-7-24)15-10-8-11(19)12(18)13(20)14(10)21-9-22-15;1-12-6-4-2-3-5(9)7(6)8(10)11;1-2-3(4)5;2-1(3)4/h6-8,13-14H,9-12H2,1-5H3;3-6,11-12H,1,7-10H2,2H3;2-5,10-11,29H,1,6-9H2;8-9H,4-7H2,1-3H3;2-4,10-11H,1H3;2H,1H2;. The van der Waals surface area contributed by atoms with Gasteiger partial charge in [0.05, 0.1) is 62.5 Å². The predicted octanol–water partition coefficient (Wildman–Crippen LogP) is 20.2. The molecule has 4 aliphatic heterocycles. The molecule has 0 aliphatic carbocycles. The van der Waals surface area contributed by atoms with Crippen molar-refractivity contribution in [1.29, 1.82) is 0 Å². The number of benzene rings is 8. The summed E-state index contributed by atoms with van der Waals surface area (Å²) in [5, 5.41) is 29.4. The molecule has 47 heteroatoms. The van der Waals surface area contributed by atoms with E-state index in [4.69, 9.17) is 91.7 Å². The Balaban J connectivity index is 0.000000182. The molecule has 16 rings (SSSR count). The summed E-state index contributed by atoms with van der Waals surface area (Å²) in [7, 11) is 2.41. The number of hydrogen-bond acceptors (Lipinski definition) is 25. The molecule has 142 heavy (non-hydrogen) atoms. The molecular weight excluding hydrogens is 2220 g/mol. The second kappa shape index (κ2) is 50.9. The van der Waals surface area contributed by atoms with Crippen molar-refractivity contribution in [1.82, 2.24) is 59.5 Å². The van der Waals surface area contributed by atoms with Gasteiger partial charge < -0.3 is 78.0 Å². The van der Waals surface area contributed by atoms with Crippen molar-refractivity contribution < 1.29 is 93.5 Å². The van der Waals surface area contributed by atoms with E-state index >= 15 is 13.2 Å². The van der Waals surface area contributed by atoms with Crippen LogP contribution in [0.25, 0.3) is 77.0 Å². The van der Waals surface area contributed by atoms with Crippen LogP contribution in [0.1, 0.15) is 47.1 Å². The summed E-state index contributed by atoms with van der Waals surface area (Å²) in [5.41, 5.74) is -0.000389. The van der Waals surface area contributed by atoms with E-state index in [2.05, 4.69) is 123 Å². The van der Waals surface area contributed by atoms with Crippen molar-refractivity contribution in [2.24, 2.45) is 0 Å². The molecule has 3 N–H and O–H groups in total. The maximum atomic E-state index is 15.9. The Kier molecular flexibility index (Phi) is 40.4. The van der Waals surface area contributed by atoms with Crippen LogP contribution in [-0.4, -0.2) is 251 Å². The Morgan fingerprint density at radius 1 is 0.408 bits per heavy atom. The topological polar surface area (TPSA) is 321 Å². The highest BCUT2D eigenvalue weighted by molar-refractivity contribution is 9.69. The summed E-state index contributed by atoms with van der Waals surface area (Å²) >= 11 is 42.7. The number of nitrogens with zero attached hydrogens (tertiary/aromatic N) is 16. The predicted molar refractivity (Wildman–Crippen MR) is 556 cm³/mol. The normalized spacial score (nSPS) is 13.6. The molecule has 0 radical (unpaired) electrons. The number of carbonyl (C=O) groups is 5. The summed E-state index contributed by atoms with van der Waals surface area (Å²) < 4.78 is 130. The largest absolute Gasteiger partial charge is 0.507 e. The zero-order chi connectivity index (χ0) is 104. The first-order valence-corrected chi connectivity index (χ1v) is 48.6. The van der Waals surface area contributed by atoms with Gasteiger partial charge in [0.15, 0.2) is 23.3 Å². The fraction of sp³-hybridized carbons (Fsp3) is 0.295. The average molecular weight is 2320 g/mol. The van der Waals surface area contributed by atoms with Crippen LogP contribution < -0.4 is 39.3 Å². The molecule has 0 atom stereocenters. The number of allylic oxidation sites excluding steroid dienone is 1. The Morgan fingerprint density at radius 3 is 1.01 bits per heavy atom. The quantitative estimate of drug-likeness (QED) is 0.0299. The van der Waals surface area contributed by atoms with E-state index < -0.39 is 70.0 Å². The summed E-state index contributed by atoms with van der Waals surface area (Å²) in [5.74, 6) is -2.50. The van der Waals surface area contributed by atoms with E-state index in [9.17, 15) is 46.6 Å². The Hall–Kier alpha value is -11.2. The van der Waals surface area contributed by atoms with Crippen molar-refractivity contribution >= 4 is 233 Å². The molecule has 29 nitrogen and oxygen atoms in total. The van der Waals surface area contributed by atoms with Crippen molar-refractivity contribution in [3.63, 3.8) is 0 Å². The van der Waals surface area contributed by atoms with E-state index in [1.807, 2.05) is 80.2 Å². The van der Waals surface area contributed by atoms with Crippen LogP contribution in [0.5, 0.6) is 23.0 Å². The highest BCUT2D eigenvalue weighted by Gasteiger charge is 2.35. The first-order chi connectivity index (χ1) is 67.3. The fourth-order valence-corrected chi connectivity index (χ4v) is 16.6. The molecular formula is C95H94B2Br4Cl5F7N16O13. The van der Waals surface area contributed by atoms with E-state index in [-0.39, 0.29) is 119 Å². The molecule has 750 valence electrons. The van der Waals surface area contributed by atoms with Crippen LogP contribution in [-0.2, 0) is 23.9 Å². The van der Waals surface area contributed by atoms with Crippen molar-refractivity contribution in [3.8, 4) is 56.4 Å². The van der Waals surface area contributed by atoms with Gasteiger partial charge in [-0.25, -0.2) is 80.2 Å². The number of rotatable bonds is 14. The van der Waals surface area contributed by atoms with Crippen LogP contribution >= 0.6 is 121 Å². The molecule has 4 fully saturated rings. The number of ether oxygens (including phenoxy) is 5. The highest BCUT2D eigenvalue weighted by atomic mass is 79.9. The number of fused-ring (bicyclic) bond motifs is 4. The van der Waals surface area contributed by atoms with Crippen LogP contribution in [0.15, 0.2) is 165 Å². The molecule has 12 aromatic rings. The fourth-order valence-electron chi connectivity index (χ4n) is 15.3. The third kappa shape index (κ3) is 27.9. The van der Waals surface area contributed by atoms with Gasteiger partial charge in [-0.2, -0.15) is 0 Å². The zero-order valence-electron chi connectivity index (χ0n) is 78.0. The van der Waals surface area contributed by atoms with E-state index in [0.717, 1.165) is 23.8 Å². The van der Waals surface area contributed by atoms with Gasteiger partial charge >= 0.3 is 22.5 Å². The van der Waals surface area contributed by atoms with Gasteiger partial charge in [0, 0.05) is 149 Å². The molecule has 0 unspecified atom stereocenters. The Bertz CT molecular complexity index is 6650. The number of aromatic nitrogens is 8. The number of aromatic hydroxyl groups is 1. The van der Waals surface area contributed by atoms with E-state index in [0.29, 0.717) is 161 Å². The van der Waals surface area contributed by atoms with Gasteiger partial charge in [-0.3, -0.25) is 14.4 Å². The summed E-state index contributed by atoms with van der Waals surface area (Å²) in [6.07, 6.45) is 8.09. The maximum Gasteiger partial charge on any atom is 0.495 e. The monoisotopic (exact) mass is 2310 g/mol. The summed E-state index contributed by atoms with van der Waals surface area (Å²) in [6.45, 7) is 31.0. The molecule has 4 aromatic heterocycles. The van der Waals surface area contributed by atoms with E-state index in [1.54, 1.807) is 44.9 Å². The number of anilines is 4. The third-order valence-corrected chi connectivity index (χ3v) is 24.1. The van der Waals surface area contributed by atoms with Gasteiger partial charge in [0.2, 0.25) is 17.1 Å². The second-order valence-corrected chi connectivity index (χ2v) is 42.3. The summed E-state index contributed by atoms with van der Waals surface area (Å²) in [6, 6.07) is 23.8. The van der Waals surface area contributed by atoms with Gasteiger partial charge in [-0.05, 0) is 167 Å². The average Bonchev–Trinajstić information content (AvgIpc) is 0.756. The minimum atomic E-state index is -1.85. The zero-order valence-corrected chi connectivity index (χ0v) is 88.1. The lowest BCUT2D eigenvalue weighted by atomic mass is 9.79. The van der Waals surface area contributed by atoms with Crippen LogP contribution in [0.3, 0.4) is 0 Å². The Labute approximate surface area is 872 Å².